The summed E-state index contributed by atoms with van der Waals surface area (Å²) in [6.07, 6.45) is 0.720. The third-order valence-electron chi connectivity index (χ3n) is 6.01. The van der Waals surface area contributed by atoms with Gasteiger partial charge in [-0.3, -0.25) is 9.59 Å². The number of rotatable bonds is 6. The van der Waals surface area contributed by atoms with Gasteiger partial charge in [0, 0.05) is 12.5 Å². The van der Waals surface area contributed by atoms with Crippen LogP contribution in [0.3, 0.4) is 0 Å². The van der Waals surface area contributed by atoms with Crippen LogP contribution in [-0.4, -0.2) is 55.9 Å². The van der Waals surface area contributed by atoms with E-state index in [9.17, 15) is 24.0 Å². The second-order valence-electron chi connectivity index (χ2n) is 10.4. The molecule has 0 aliphatic rings. The van der Waals surface area contributed by atoms with Crippen molar-refractivity contribution in [1.29, 1.82) is 0 Å². The van der Waals surface area contributed by atoms with Crippen molar-refractivity contribution in [3.05, 3.63) is 155 Å². The van der Waals surface area contributed by atoms with E-state index in [1.807, 2.05) is 36.4 Å². The van der Waals surface area contributed by atoms with E-state index >= 15 is 0 Å². The molecule has 5 aromatic carbocycles. The van der Waals surface area contributed by atoms with E-state index in [4.69, 9.17) is 25.2 Å². The molecule has 0 amide bonds. The topological polar surface area (TPSA) is 183 Å². The normalized spacial score (nSPS) is 8.77. The van der Waals surface area contributed by atoms with Gasteiger partial charge in [-0.1, -0.05) is 107 Å². The molecule has 0 heterocycles. The molecular formula is C42H50O10. The van der Waals surface area contributed by atoms with Crippen LogP contribution in [0.2, 0.25) is 0 Å². The van der Waals surface area contributed by atoms with E-state index in [2.05, 4.69) is 48.5 Å². The number of fused-ring (bicyclic) bond motifs is 1. The molecule has 5 rings (SSSR count). The second kappa shape index (κ2) is 26.4. The minimum Gasteiger partial charge on any atom is -0.481 e. The molecule has 5 aromatic rings. The predicted molar refractivity (Wildman–Crippen MR) is 207 cm³/mol. The van der Waals surface area contributed by atoms with Crippen LogP contribution in [0, 0.1) is 0 Å². The minimum atomic E-state index is -1.06. The lowest BCUT2D eigenvalue weighted by Gasteiger charge is -2.03. The van der Waals surface area contributed by atoms with Crippen molar-refractivity contribution < 1.29 is 49.2 Å². The Hall–Kier alpha value is -6.42. The molecule has 10 nitrogen and oxygen atoms in total. The average Bonchev–Trinajstić information content (AvgIpc) is 3.05. The Morgan fingerprint density at radius 3 is 0.827 bits per heavy atom. The lowest BCUT2D eigenvalue weighted by atomic mass is 10.0. The van der Waals surface area contributed by atoms with Crippen LogP contribution < -0.4 is 0 Å². The summed E-state index contributed by atoms with van der Waals surface area (Å²) >= 11 is 0. The van der Waals surface area contributed by atoms with Crippen LogP contribution in [0.25, 0.3) is 10.8 Å². The summed E-state index contributed by atoms with van der Waals surface area (Å²) in [6, 6.07) is 36.0. The van der Waals surface area contributed by atoms with Gasteiger partial charge in [-0.25, -0.2) is 14.4 Å². The molecule has 0 saturated heterocycles. The molecule has 0 radical (unpaired) electrons. The molecule has 0 spiro atoms. The summed E-state index contributed by atoms with van der Waals surface area (Å²) in [6.45, 7) is 5.68. The number of aliphatic carboxylic acids is 1. The van der Waals surface area contributed by atoms with E-state index in [0.29, 0.717) is 5.56 Å². The summed E-state index contributed by atoms with van der Waals surface area (Å²) in [4.78, 5) is 61.0. The molecule has 4 N–H and O–H groups in total. The summed E-state index contributed by atoms with van der Waals surface area (Å²) in [5.41, 5.74) is 3.29. The Kier molecular flexibility index (Phi) is 25.4. The maximum atomic E-state index is 11.2. The van der Waals surface area contributed by atoms with Crippen molar-refractivity contribution in [3.63, 3.8) is 0 Å². The number of aromatic carboxylic acids is 3. The van der Waals surface area contributed by atoms with Gasteiger partial charge in [-0.05, 0) is 85.5 Å². The molecule has 0 saturated carbocycles. The van der Waals surface area contributed by atoms with E-state index in [1.165, 1.54) is 48.9 Å². The third kappa shape index (κ3) is 20.8. The standard InChI is InChI=1S/C16H14O3.C10H8.C8H6O4.C3H6O.C2H4O2.3CH4/c1-11(17)14-6-2-12(3-7-14)10-13-4-8-15(9-5-13)16(18)19;1-2-6-10-8-4-3-7-9(10)5-1;9-7(10)5-1-2-6(4-3-5)8(11)12;1-3(2)4;1-2(3)4;;;/h2-9H,10H2,1H3,(H,18,19);1-8H;1-4H,(H,9,10)(H,11,12);1-2H3;1H3,(H,3,4);3*1H4. The van der Waals surface area contributed by atoms with Gasteiger partial charge in [-0.2, -0.15) is 0 Å². The largest absolute Gasteiger partial charge is 0.481 e. The van der Waals surface area contributed by atoms with E-state index in [1.54, 1.807) is 19.1 Å². The SMILES string of the molecule is C.C.C.CC(=O)O.CC(=O)c1ccc(Cc2ccc(C(=O)O)cc2)cc1.CC(C)=O.O=C(O)c1ccc(C(=O)O)cc1.c1ccc2ccccc2c1. The third-order valence-corrected chi connectivity index (χ3v) is 6.01. The molecule has 0 aliphatic carbocycles. The van der Waals surface area contributed by atoms with E-state index < -0.39 is 23.9 Å². The number of benzene rings is 5. The van der Waals surface area contributed by atoms with Crippen molar-refractivity contribution in [3.8, 4) is 0 Å². The molecule has 0 unspecified atom stereocenters. The van der Waals surface area contributed by atoms with Crippen LogP contribution in [0.5, 0.6) is 0 Å². The van der Waals surface area contributed by atoms with Gasteiger partial charge in [0.15, 0.2) is 5.78 Å². The van der Waals surface area contributed by atoms with Crippen molar-refractivity contribution in [2.24, 2.45) is 0 Å². The highest BCUT2D eigenvalue weighted by molar-refractivity contribution is 5.94. The number of Topliss-reactive ketones (excluding diaryl/α,β-unsaturated/α-hetero) is 2. The van der Waals surface area contributed by atoms with Gasteiger partial charge < -0.3 is 25.2 Å². The fourth-order valence-electron chi connectivity index (χ4n) is 3.75. The highest BCUT2D eigenvalue weighted by atomic mass is 16.4. The van der Waals surface area contributed by atoms with Gasteiger partial charge in [0.05, 0.1) is 16.7 Å². The summed E-state index contributed by atoms with van der Waals surface area (Å²) < 4.78 is 0. The summed E-state index contributed by atoms with van der Waals surface area (Å²) in [7, 11) is 0. The zero-order valence-corrected chi connectivity index (χ0v) is 27.5. The fourth-order valence-corrected chi connectivity index (χ4v) is 3.75. The number of carboxylic acids is 4. The first-order valence-corrected chi connectivity index (χ1v) is 14.7. The average molecular weight is 715 g/mol. The van der Waals surface area contributed by atoms with E-state index in [0.717, 1.165) is 24.5 Å². The molecule has 0 bridgehead atoms. The number of hydrogen-bond acceptors (Lipinski definition) is 6. The quantitative estimate of drug-likeness (QED) is 0.124. The maximum Gasteiger partial charge on any atom is 0.335 e. The van der Waals surface area contributed by atoms with Crippen molar-refractivity contribution in [2.45, 2.75) is 56.4 Å². The first kappa shape index (κ1) is 50.0. The monoisotopic (exact) mass is 714 g/mol. The van der Waals surface area contributed by atoms with Gasteiger partial charge in [-0.15, -0.1) is 0 Å². The first-order chi connectivity index (χ1) is 23.1. The molecule has 52 heavy (non-hydrogen) atoms. The Morgan fingerprint density at radius 2 is 0.615 bits per heavy atom. The Morgan fingerprint density at radius 1 is 0.404 bits per heavy atom. The molecular weight excluding hydrogens is 664 g/mol. The van der Waals surface area contributed by atoms with Crippen LogP contribution >= 0.6 is 0 Å². The van der Waals surface area contributed by atoms with Crippen LogP contribution in [0.15, 0.2) is 121 Å². The summed E-state index contributed by atoms with van der Waals surface area (Å²) in [5, 5.41) is 35.8. The Balaban J connectivity index is -0.000000634. The molecule has 0 fully saturated rings. The van der Waals surface area contributed by atoms with Gasteiger partial charge >= 0.3 is 17.9 Å². The van der Waals surface area contributed by atoms with Gasteiger partial charge in [0.1, 0.15) is 5.78 Å². The van der Waals surface area contributed by atoms with Crippen LogP contribution in [0.1, 0.15) is 103 Å². The number of carbonyl (C=O) groups excluding carboxylic acids is 2. The molecule has 278 valence electrons. The molecule has 0 aliphatic heterocycles. The number of carbonyl (C=O) groups is 6. The predicted octanol–water partition coefficient (Wildman–Crippen LogP) is 9.70. The first-order valence-electron chi connectivity index (χ1n) is 14.7. The summed E-state index contributed by atoms with van der Waals surface area (Å²) in [5.74, 6) is -3.66. The van der Waals surface area contributed by atoms with E-state index in [-0.39, 0.29) is 50.5 Å². The lowest BCUT2D eigenvalue weighted by molar-refractivity contribution is -0.134. The van der Waals surface area contributed by atoms with Crippen LogP contribution in [0.4, 0.5) is 0 Å². The molecule has 0 aromatic heterocycles. The highest BCUT2D eigenvalue weighted by Crippen LogP contribution is 2.13. The van der Waals surface area contributed by atoms with Gasteiger partial charge in [0.2, 0.25) is 0 Å². The maximum absolute atomic E-state index is 11.2. The Labute approximate surface area is 306 Å². The minimum absolute atomic E-state index is 0. The fraction of sp³-hybridized carbons (Fsp3) is 0.190. The van der Waals surface area contributed by atoms with Gasteiger partial charge in [0.25, 0.3) is 5.97 Å². The number of carboxylic acid groups (broad SMARTS) is 4. The highest BCUT2D eigenvalue weighted by Gasteiger charge is 2.05. The number of ketones is 2. The van der Waals surface area contributed by atoms with Crippen molar-refractivity contribution in [2.75, 3.05) is 0 Å². The molecule has 0 atom stereocenters. The zero-order valence-electron chi connectivity index (χ0n) is 27.5. The van der Waals surface area contributed by atoms with Crippen molar-refractivity contribution >= 4 is 46.2 Å². The zero-order chi connectivity index (χ0) is 36.9. The second-order valence-corrected chi connectivity index (χ2v) is 10.4. The van der Waals surface area contributed by atoms with Crippen LogP contribution in [-0.2, 0) is 16.0 Å². The Bertz CT molecular complexity index is 1670. The number of hydrogen-bond donors (Lipinski definition) is 4. The van der Waals surface area contributed by atoms with Crippen molar-refractivity contribution in [1.82, 2.24) is 0 Å². The smallest absolute Gasteiger partial charge is 0.335 e. The molecule has 10 heteroatoms. The lowest BCUT2D eigenvalue weighted by Crippen LogP contribution is -1.99.